The van der Waals surface area contributed by atoms with Crippen LogP contribution in [-0.2, 0) is 9.53 Å². The van der Waals surface area contributed by atoms with Gasteiger partial charge in [-0.2, -0.15) is 0 Å². The molecule has 1 aliphatic heterocycles. The van der Waals surface area contributed by atoms with Crippen LogP contribution in [0.25, 0.3) is 0 Å². The molecule has 0 spiro atoms. The lowest BCUT2D eigenvalue weighted by atomic mass is 9.88. The minimum Gasteiger partial charge on any atom is -0.395 e. The molecular weight excluding hydrogens is 264 g/mol. The highest BCUT2D eigenvalue weighted by Crippen LogP contribution is 2.16. The number of hydrogen-bond acceptors (Lipinski definition) is 6. The Morgan fingerprint density at radius 1 is 1.30 bits per heavy atom. The molecule has 0 aromatic rings. The summed E-state index contributed by atoms with van der Waals surface area (Å²) in [6, 6.07) is -1.63. The van der Waals surface area contributed by atoms with Crippen LogP contribution in [0.1, 0.15) is 26.7 Å². The molecule has 1 amide bonds. The maximum Gasteiger partial charge on any atom is 0.217 e. The molecule has 0 radical (unpaired) electrons. The Labute approximate surface area is 119 Å². The molecule has 7 heteroatoms. The van der Waals surface area contributed by atoms with Crippen LogP contribution in [0.5, 0.6) is 0 Å². The Balaban J connectivity index is 2.65. The maximum atomic E-state index is 11.2. The van der Waals surface area contributed by atoms with Crippen LogP contribution >= 0.6 is 0 Å². The molecule has 1 saturated heterocycles. The van der Waals surface area contributed by atoms with Gasteiger partial charge in [0.2, 0.25) is 5.91 Å². The third-order valence-electron chi connectivity index (χ3n) is 3.50. The summed E-state index contributed by atoms with van der Waals surface area (Å²) in [7, 11) is 0. The van der Waals surface area contributed by atoms with Gasteiger partial charge in [0.15, 0.2) is 0 Å². The Morgan fingerprint density at radius 3 is 2.55 bits per heavy atom. The topological polar surface area (TPSA) is 111 Å². The zero-order chi connectivity index (χ0) is 15.1. The summed E-state index contributed by atoms with van der Waals surface area (Å²) in [5.41, 5.74) is 0. The van der Waals surface area contributed by atoms with Crippen molar-refractivity contribution in [2.45, 2.75) is 57.0 Å². The van der Waals surface area contributed by atoms with Gasteiger partial charge >= 0.3 is 0 Å². The minimum atomic E-state index is -1.14. The van der Waals surface area contributed by atoms with Crippen molar-refractivity contribution in [3.63, 3.8) is 0 Å². The first-order valence-electron chi connectivity index (χ1n) is 7.09. The van der Waals surface area contributed by atoms with Gasteiger partial charge < -0.3 is 30.7 Å². The number of piperidine rings is 1. The van der Waals surface area contributed by atoms with Gasteiger partial charge in [-0.25, -0.2) is 0 Å². The molecule has 7 nitrogen and oxygen atoms in total. The highest BCUT2D eigenvalue weighted by molar-refractivity contribution is 5.73. The van der Waals surface area contributed by atoms with Crippen LogP contribution in [0.15, 0.2) is 0 Å². The average Bonchev–Trinajstić information content (AvgIpc) is 2.41. The molecule has 0 saturated carbocycles. The van der Waals surface area contributed by atoms with Crippen molar-refractivity contribution in [2.24, 2.45) is 0 Å². The Bertz CT molecular complexity index is 302. The lowest BCUT2D eigenvalue weighted by Crippen LogP contribution is -2.71. The van der Waals surface area contributed by atoms with Crippen molar-refractivity contribution in [3.05, 3.63) is 0 Å². The molecule has 20 heavy (non-hydrogen) atoms. The summed E-state index contributed by atoms with van der Waals surface area (Å²) in [5.74, 6) is -0.288. The Hall–Kier alpha value is -0.730. The molecule has 0 aromatic heterocycles. The average molecular weight is 290 g/mol. The zero-order valence-corrected chi connectivity index (χ0v) is 12.1. The summed E-state index contributed by atoms with van der Waals surface area (Å²) in [4.78, 5) is 11.2. The van der Waals surface area contributed by atoms with Crippen molar-refractivity contribution in [1.82, 2.24) is 10.6 Å². The van der Waals surface area contributed by atoms with Gasteiger partial charge in [-0.15, -0.1) is 0 Å². The minimum absolute atomic E-state index is 0.288. The van der Waals surface area contributed by atoms with E-state index in [1.165, 1.54) is 6.92 Å². The van der Waals surface area contributed by atoms with Crippen molar-refractivity contribution in [3.8, 4) is 0 Å². The molecule has 0 aromatic carbocycles. The fraction of sp³-hybridized carbons (Fsp3) is 0.923. The molecule has 118 valence electrons. The molecule has 0 aliphatic carbocycles. The molecule has 0 unspecified atom stereocenters. The summed E-state index contributed by atoms with van der Waals surface area (Å²) in [6.45, 7) is 4.02. The van der Waals surface area contributed by atoms with Gasteiger partial charge in [-0.1, -0.05) is 13.3 Å². The van der Waals surface area contributed by atoms with Crippen molar-refractivity contribution in [1.29, 1.82) is 0 Å². The van der Waals surface area contributed by atoms with E-state index < -0.39 is 24.3 Å². The lowest BCUT2D eigenvalue weighted by Gasteiger charge is -2.43. The Morgan fingerprint density at radius 2 is 2.00 bits per heavy atom. The largest absolute Gasteiger partial charge is 0.395 e. The van der Waals surface area contributed by atoms with E-state index in [-0.39, 0.29) is 18.6 Å². The monoisotopic (exact) mass is 290 g/mol. The highest BCUT2D eigenvalue weighted by atomic mass is 16.5. The van der Waals surface area contributed by atoms with Gasteiger partial charge in [0.25, 0.3) is 0 Å². The highest BCUT2D eigenvalue weighted by Gasteiger charge is 2.43. The molecule has 5 N–H and O–H groups in total. The Kier molecular flexibility index (Phi) is 7.39. The second kappa shape index (κ2) is 8.53. The van der Waals surface area contributed by atoms with E-state index in [1.54, 1.807) is 0 Å². The lowest BCUT2D eigenvalue weighted by molar-refractivity contribution is -0.125. The predicted molar refractivity (Wildman–Crippen MR) is 73.1 cm³/mol. The van der Waals surface area contributed by atoms with Crippen LogP contribution in [-0.4, -0.2) is 71.4 Å². The quantitative estimate of drug-likeness (QED) is 0.360. The number of unbranched alkanes of at least 4 members (excludes halogenated alkanes) is 1. The molecular formula is C13H26N2O5. The molecule has 1 fully saturated rings. The molecule has 1 aliphatic rings. The predicted octanol–water partition coefficient (Wildman–Crippen LogP) is -1.64. The molecule has 1 heterocycles. The third kappa shape index (κ3) is 4.68. The van der Waals surface area contributed by atoms with Crippen LogP contribution in [0.4, 0.5) is 0 Å². The first kappa shape index (κ1) is 17.3. The zero-order valence-electron chi connectivity index (χ0n) is 12.1. The maximum absolute atomic E-state index is 11.2. The number of carbonyl (C=O) groups excluding carboxylic acids is 1. The number of ether oxygens (including phenoxy) is 1. The van der Waals surface area contributed by atoms with Crippen LogP contribution in [0.2, 0.25) is 0 Å². The normalized spacial score (nSPS) is 34.0. The SMILES string of the molecule is CCCCOC[C@@H]1N[C@H](CO)[C@@H](O)[C@H](O)[C@H]1NC(C)=O. The molecule has 1 rings (SSSR count). The van der Waals surface area contributed by atoms with E-state index in [2.05, 4.69) is 17.6 Å². The summed E-state index contributed by atoms with van der Waals surface area (Å²) in [6.07, 6.45) is -0.319. The van der Waals surface area contributed by atoms with E-state index in [4.69, 9.17) is 4.74 Å². The van der Waals surface area contributed by atoms with E-state index in [9.17, 15) is 20.1 Å². The number of hydrogen-bond donors (Lipinski definition) is 5. The summed E-state index contributed by atoms with van der Waals surface area (Å²) in [5, 5.41) is 34.8. The van der Waals surface area contributed by atoms with Gasteiger partial charge in [-0.3, -0.25) is 4.79 Å². The van der Waals surface area contributed by atoms with Gasteiger partial charge in [-0.05, 0) is 6.42 Å². The van der Waals surface area contributed by atoms with Crippen molar-refractivity contribution >= 4 is 5.91 Å². The fourth-order valence-corrected chi connectivity index (χ4v) is 2.36. The third-order valence-corrected chi connectivity index (χ3v) is 3.50. The molecule has 0 bridgehead atoms. The number of aliphatic hydroxyl groups excluding tert-OH is 3. The number of amides is 1. The van der Waals surface area contributed by atoms with E-state index in [0.717, 1.165) is 12.8 Å². The van der Waals surface area contributed by atoms with Crippen LogP contribution in [0.3, 0.4) is 0 Å². The molecule has 5 atom stereocenters. The van der Waals surface area contributed by atoms with Crippen LogP contribution < -0.4 is 10.6 Å². The summed E-state index contributed by atoms with van der Waals surface area (Å²) >= 11 is 0. The van der Waals surface area contributed by atoms with Gasteiger partial charge in [0, 0.05) is 13.5 Å². The fourth-order valence-electron chi connectivity index (χ4n) is 2.36. The second-order valence-corrected chi connectivity index (χ2v) is 5.20. The van der Waals surface area contributed by atoms with E-state index in [0.29, 0.717) is 13.2 Å². The van der Waals surface area contributed by atoms with Crippen molar-refractivity contribution in [2.75, 3.05) is 19.8 Å². The number of nitrogens with one attached hydrogen (secondary N) is 2. The number of aliphatic hydroxyl groups is 3. The number of rotatable bonds is 7. The smallest absolute Gasteiger partial charge is 0.217 e. The number of carbonyl (C=O) groups is 1. The van der Waals surface area contributed by atoms with Crippen LogP contribution in [0, 0.1) is 0 Å². The van der Waals surface area contributed by atoms with Gasteiger partial charge in [0.1, 0.15) is 6.10 Å². The summed E-state index contributed by atoms with van der Waals surface area (Å²) < 4.78 is 5.51. The van der Waals surface area contributed by atoms with Gasteiger partial charge in [0.05, 0.1) is 37.4 Å². The van der Waals surface area contributed by atoms with E-state index >= 15 is 0 Å². The second-order valence-electron chi connectivity index (χ2n) is 5.20. The van der Waals surface area contributed by atoms with E-state index in [1.807, 2.05) is 0 Å². The van der Waals surface area contributed by atoms with Crippen molar-refractivity contribution < 1.29 is 24.9 Å². The standard InChI is InChI=1S/C13H26N2O5/c1-3-4-5-20-7-10-11(14-8(2)17)13(19)12(18)9(6-16)15-10/h9-13,15-16,18-19H,3-7H2,1-2H3,(H,14,17)/t9-,10+,11+,12-,13-/m1/s1. The first-order chi connectivity index (χ1) is 9.51. The first-order valence-corrected chi connectivity index (χ1v) is 7.09.